The van der Waals surface area contributed by atoms with Crippen LogP contribution in [0.1, 0.15) is 36.1 Å². The van der Waals surface area contributed by atoms with Gasteiger partial charge in [0, 0.05) is 29.7 Å². The van der Waals surface area contributed by atoms with Crippen LogP contribution in [0.15, 0.2) is 54.0 Å². The van der Waals surface area contributed by atoms with Crippen molar-refractivity contribution in [1.29, 1.82) is 0 Å². The summed E-state index contributed by atoms with van der Waals surface area (Å²) in [5.41, 5.74) is 4.47. The average molecular weight is 460 g/mol. The van der Waals surface area contributed by atoms with Crippen molar-refractivity contribution in [3.8, 4) is 0 Å². The molecular formula is C20H18F6N4O2. The maximum Gasteiger partial charge on any atom is 0.416 e. The summed E-state index contributed by atoms with van der Waals surface area (Å²) in [6.45, 7) is 3.24. The fourth-order valence-corrected chi connectivity index (χ4v) is 2.39. The number of benzene rings is 1. The Kier molecular flexibility index (Phi) is 7.49. The third kappa shape index (κ3) is 6.72. The SMILES string of the molecule is CC(C)OC(=O)/C(=C/N/N=C(\N)c1cc(C(F)(F)F)cc(C(F)(F)F)c1)c1cccnc1. The Hall–Kier alpha value is -3.57. The average Bonchev–Trinajstić information content (AvgIpc) is 2.69. The lowest BCUT2D eigenvalue weighted by Gasteiger charge is -2.14. The third-order valence-electron chi connectivity index (χ3n) is 3.81. The highest BCUT2D eigenvalue weighted by atomic mass is 19.4. The van der Waals surface area contributed by atoms with Gasteiger partial charge < -0.3 is 10.5 Å². The maximum absolute atomic E-state index is 13.0. The van der Waals surface area contributed by atoms with Gasteiger partial charge in [0.05, 0.1) is 22.8 Å². The van der Waals surface area contributed by atoms with Gasteiger partial charge in [-0.3, -0.25) is 10.4 Å². The van der Waals surface area contributed by atoms with E-state index in [-0.39, 0.29) is 11.6 Å². The van der Waals surface area contributed by atoms with Gasteiger partial charge in [-0.15, -0.1) is 0 Å². The first-order chi connectivity index (χ1) is 14.8. The van der Waals surface area contributed by atoms with Crippen LogP contribution in [0.3, 0.4) is 0 Å². The van der Waals surface area contributed by atoms with E-state index < -0.39 is 47.0 Å². The molecule has 0 fully saturated rings. The lowest BCUT2D eigenvalue weighted by Crippen LogP contribution is -2.21. The molecule has 0 saturated heterocycles. The zero-order valence-electron chi connectivity index (χ0n) is 16.8. The van der Waals surface area contributed by atoms with Crippen LogP contribution < -0.4 is 11.2 Å². The minimum absolute atomic E-state index is 0.0213. The standard InChI is InChI=1S/C20H18F6N4O2/c1-11(2)32-18(31)16(12-4-3-5-28-9-12)10-29-30-17(27)13-6-14(19(21,22)23)8-15(7-13)20(24,25)26/h3-11,29H,1-2H3,(H2,27,30)/b16-10+. The van der Waals surface area contributed by atoms with Crippen molar-refractivity contribution < 1.29 is 35.9 Å². The van der Waals surface area contributed by atoms with Crippen molar-refractivity contribution in [1.82, 2.24) is 10.4 Å². The Morgan fingerprint density at radius 1 is 1.09 bits per heavy atom. The van der Waals surface area contributed by atoms with Crippen LogP contribution in [0, 0.1) is 0 Å². The van der Waals surface area contributed by atoms with Crippen molar-refractivity contribution in [2.75, 3.05) is 0 Å². The zero-order chi connectivity index (χ0) is 24.1. The van der Waals surface area contributed by atoms with E-state index in [1.165, 1.54) is 18.5 Å². The van der Waals surface area contributed by atoms with Crippen LogP contribution >= 0.6 is 0 Å². The number of alkyl halides is 6. The van der Waals surface area contributed by atoms with Crippen LogP contribution in [-0.2, 0) is 21.9 Å². The Morgan fingerprint density at radius 3 is 2.16 bits per heavy atom. The number of nitrogens with one attached hydrogen (secondary N) is 1. The van der Waals surface area contributed by atoms with Gasteiger partial charge in [0.25, 0.3) is 0 Å². The molecule has 12 heteroatoms. The summed E-state index contributed by atoms with van der Waals surface area (Å²) in [5, 5.41) is 3.57. The number of carbonyl (C=O) groups is 1. The first-order valence-corrected chi connectivity index (χ1v) is 8.99. The molecule has 0 spiro atoms. The molecule has 0 aliphatic heterocycles. The molecule has 2 aromatic rings. The Morgan fingerprint density at radius 2 is 1.69 bits per heavy atom. The minimum atomic E-state index is -5.03. The number of esters is 1. The van der Waals surface area contributed by atoms with E-state index in [1.807, 2.05) is 0 Å². The zero-order valence-corrected chi connectivity index (χ0v) is 16.8. The molecule has 1 aromatic carbocycles. The van der Waals surface area contributed by atoms with Crippen LogP contribution in [0.2, 0.25) is 0 Å². The fraction of sp³-hybridized carbons (Fsp3) is 0.250. The fourth-order valence-electron chi connectivity index (χ4n) is 2.39. The third-order valence-corrected chi connectivity index (χ3v) is 3.81. The Balaban J connectivity index is 2.41. The molecule has 0 atom stereocenters. The second kappa shape index (κ2) is 9.71. The topological polar surface area (TPSA) is 89.6 Å². The summed E-state index contributed by atoms with van der Waals surface area (Å²) in [6, 6.07) is 3.94. The van der Waals surface area contributed by atoms with E-state index in [9.17, 15) is 31.1 Å². The van der Waals surface area contributed by atoms with Gasteiger partial charge in [0.1, 0.15) is 0 Å². The van der Waals surface area contributed by atoms with E-state index in [0.717, 1.165) is 6.20 Å². The van der Waals surface area contributed by atoms with Gasteiger partial charge >= 0.3 is 18.3 Å². The van der Waals surface area contributed by atoms with Crippen molar-refractivity contribution in [2.24, 2.45) is 10.8 Å². The molecule has 1 heterocycles. The number of ether oxygens (including phenoxy) is 1. The largest absolute Gasteiger partial charge is 0.459 e. The predicted molar refractivity (Wildman–Crippen MR) is 104 cm³/mol. The van der Waals surface area contributed by atoms with Crippen molar-refractivity contribution >= 4 is 17.4 Å². The number of nitrogens with zero attached hydrogens (tertiary/aromatic N) is 2. The van der Waals surface area contributed by atoms with Gasteiger partial charge in [0.15, 0.2) is 5.84 Å². The lowest BCUT2D eigenvalue weighted by molar-refractivity contribution is -0.143. The van der Waals surface area contributed by atoms with E-state index in [0.29, 0.717) is 17.7 Å². The van der Waals surface area contributed by atoms with E-state index >= 15 is 0 Å². The normalized spacial score (nSPS) is 13.3. The monoisotopic (exact) mass is 460 g/mol. The number of amidine groups is 1. The van der Waals surface area contributed by atoms with Crippen LogP contribution in [0.5, 0.6) is 0 Å². The second-order valence-corrected chi connectivity index (χ2v) is 6.67. The second-order valence-electron chi connectivity index (χ2n) is 6.67. The van der Waals surface area contributed by atoms with Crippen LogP contribution in [-0.4, -0.2) is 22.9 Å². The van der Waals surface area contributed by atoms with Crippen LogP contribution in [0.4, 0.5) is 26.3 Å². The number of pyridine rings is 1. The number of hydrogen-bond acceptors (Lipinski definition) is 5. The van der Waals surface area contributed by atoms with E-state index in [1.54, 1.807) is 19.9 Å². The molecule has 0 saturated carbocycles. The quantitative estimate of drug-likeness (QED) is 0.167. The van der Waals surface area contributed by atoms with Gasteiger partial charge in [-0.05, 0) is 38.1 Å². The summed E-state index contributed by atoms with van der Waals surface area (Å²) in [5.74, 6) is -1.42. The molecule has 6 nitrogen and oxygen atoms in total. The number of halogens is 6. The van der Waals surface area contributed by atoms with Gasteiger partial charge in [-0.25, -0.2) is 4.79 Å². The minimum Gasteiger partial charge on any atom is -0.459 e. The first-order valence-electron chi connectivity index (χ1n) is 8.99. The van der Waals surface area contributed by atoms with Gasteiger partial charge in [0.2, 0.25) is 0 Å². The number of aromatic nitrogens is 1. The van der Waals surface area contributed by atoms with Crippen molar-refractivity contribution in [3.05, 3.63) is 71.2 Å². The number of hydrazone groups is 1. The molecule has 0 amide bonds. The maximum atomic E-state index is 13.0. The lowest BCUT2D eigenvalue weighted by atomic mass is 10.0. The molecule has 1 aromatic heterocycles. The summed E-state index contributed by atoms with van der Waals surface area (Å²) < 4.78 is 83.2. The summed E-state index contributed by atoms with van der Waals surface area (Å²) in [7, 11) is 0. The first kappa shape index (κ1) is 24.7. The summed E-state index contributed by atoms with van der Waals surface area (Å²) in [4.78, 5) is 16.2. The molecule has 3 N–H and O–H groups in total. The highest BCUT2D eigenvalue weighted by Gasteiger charge is 2.37. The van der Waals surface area contributed by atoms with E-state index in [2.05, 4.69) is 15.5 Å². The highest BCUT2D eigenvalue weighted by molar-refractivity contribution is 6.16. The Bertz CT molecular complexity index is 983. The molecular weight excluding hydrogens is 442 g/mol. The Labute approximate surface area is 178 Å². The molecule has 172 valence electrons. The molecule has 0 aliphatic carbocycles. The van der Waals surface area contributed by atoms with E-state index in [4.69, 9.17) is 10.5 Å². The predicted octanol–water partition coefficient (Wildman–Crippen LogP) is 4.32. The number of rotatable bonds is 6. The van der Waals surface area contributed by atoms with Crippen LogP contribution in [0.25, 0.3) is 5.57 Å². The molecule has 0 bridgehead atoms. The number of nitrogens with two attached hydrogens (primary N) is 1. The van der Waals surface area contributed by atoms with Gasteiger partial charge in [-0.2, -0.15) is 31.4 Å². The van der Waals surface area contributed by atoms with Crippen molar-refractivity contribution in [3.63, 3.8) is 0 Å². The molecule has 0 aliphatic rings. The summed E-state index contributed by atoms with van der Waals surface area (Å²) in [6.07, 6.45) is -6.65. The van der Waals surface area contributed by atoms with Gasteiger partial charge in [-0.1, -0.05) is 6.07 Å². The molecule has 0 unspecified atom stereocenters. The summed E-state index contributed by atoms with van der Waals surface area (Å²) >= 11 is 0. The molecule has 32 heavy (non-hydrogen) atoms. The highest BCUT2D eigenvalue weighted by Crippen LogP contribution is 2.36. The molecule has 0 radical (unpaired) electrons. The number of hydrogen-bond donors (Lipinski definition) is 2. The smallest absolute Gasteiger partial charge is 0.416 e. The number of carbonyl (C=O) groups excluding carboxylic acids is 1. The van der Waals surface area contributed by atoms with Crippen molar-refractivity contribution in [2.45, 2.75) is 32.3 Å². The molecule has 2 rings (SSSR count).